The van der Waals surface area contributed by atoms with Crippen molar-refractivity contribution in [1.29, 1.82) is 5.39 Å². The zero-order valence-corrected chi connectivity index (χ0v) is 9.52. The van der Waals surface area contributed by atoms with Crippen LogP contribution in [0, 0.1) is 24.0 Å². The molecule has 0 atom stereocenters. The zero-order chi connectivity index (χ0) is 13.1. The second kappa shape index (κ2) is 4.80. The molecule has 0 aromatic heterocycles. The lowest BCUT2D eigenvalue weighted by Crippen LogP contribution is -1.88. The summed E-state index contributed by atoms with van der Waals surface area (Å²) in [5, 5.41) is 8.66. The third-order valence-electron chi connectivity index (χ3n) is 2.35. The van der Waals surface area contributed by atoms with Crippen LogP contribution in [0.4, 0.5) is 14.5 Å². The minimum Gasteiger partial charge on any atom is -0.457 e. The first-order valence-electron chi connectivity index (χ1n) is 5.18. The molecule has 0 saturated heterocycles. The molecule has 0 aliphatic rings. The third kappa shape index (κ3) is 2.61. The van der Waals surface area contributed by atoms with E-state index in [1.807, 2.05) is 0 Å². The van der Waals surface area contributed by atoms with Crippen LogP contribution >= 0.6 is 0 Å². The molecular weight excluding hydrogens is 238 g/mol. The van der Waals surface area contributed by atoms with E-state index >= 15 is 0 Å². The first kappa shape index (κ1) is 12.0. The average molecular weight is 247 g/mol. The second-order valence-corrected chi connectivity index (χ2v) is 3.76. The summed E-state index contributed by atoms with van der Waals surface area (Å²) in [6.45, 7) is 1.73. The summed E-state index contributed by atoms with van der Waals surface area (Å²) in [5.74, 6) is -0.933. The van der Waals surface area contributed by atoms with E-state index in [0.717, 1.165) is 18.2 Å². The molecule has 2 aromatic carbocycles. The number of diazo groups is 1. The first-order valence-corrected chi connectivity index (χ1v) is 5.18. The minimum atomic E-state index is -0.705. The smallest absolute Gasteiger partial charge is 0.388 e. The van der Waals surface area contributed by atoms with Crippen molar-refractivity contribution in [3.05, 3.63) is 58.6 Å². The monoisotopic (exact) mass is 247 g/mol. The molecule has 0 saturated carbocycles. The van der Waals surface area contributed by atoms with Gasteiger partial charge in [-0.05, 0) is 19.1 Å². The zero-order valence-electron chi connectivity index (χ0n) is 9.52. The highest BCUT2D eigenvalue weighted by Gasteiger charge is 2.11. The van der Waals surface area contributed by atoms with Gasteiger partial charge >= 0.3 is 5.69 Å². The maximum absolute atomic E-state index is 13.0. The molecule has 0 N–H and O–H groups in total. The number of halogens is 2. The van der Waals surface area contributed by atoms with Crippen molar-refractivity contribution in [2.24, 2.45) is 0 Å². The van der Waals surface area contributed by atoms with Gasteiger partial charge in [0.25, 0.3) is 0 Å². The molecule has 5 heteroatoms. The molecule has 0 amide bonds. The molecule has 0 bridgehead atoms. The van der Waals surface area contributed by atoms with Gasteiger partial charge in [0.15, 0.2) is 4.98 Å². The maximum atomic E-state index is 13.0. The van der Waals surface area contributed by atoms with Crippen LogP contribution in [0.1, 0.15) is 5.56 Å². The van der Waals surface area contributed by atoms with Crippen molar-refractivity contribution < 1.29 is 13.5 Å². The van der Waals surface area contributed by atoms with E-state index in [4.69, 9.17) is 10.1 Å². The predicted octanol–water partition coefficient (Wildman–Crippen LogP) is 4.55. The molecule has 2 rings (SSSR count). The number of ether oxygens (including phenoxy) is 1. The Morgan fingerprint density at radius 2 is 1.67 bits per heavy atom. The molecule has 0 spiro atoms. The predicted molar refractivity (Wildman–Crippen MR) is 62.4 cm³/mol. The van der Waals surface area contributed by atoms with E-state index in [0.29, 0.717) is 17.0 Å². The molecule has 0 aliphatic carbocycles. The number of benzene rings is 2. The quantitative estimate of drug-likeness (QED) is 0.730. The summed E-state index contributed by atoms with van der Waals surface area (Å²) in [6.07, 6.45) is 0. The van der Waals surface area contributed by atoms with Crippen LogP contribution in [0.5, 0.6) is 11.5 Å². The Hall–Kier alpha value is -2.48. The Morgan fingerprint density at radius 3 is 2.22 bits per heavy atom. The fourth-order valence-corrected chi connectivity index (χ4v) is 1.53. The van der Waals surface area contributed by atoms with Gasteiger partial charge in [0.2, 0.25) is 5.39 Å². The van der Waals surface area contributed by atoms with Gasteiger partial charge in [0, 0.05) is 29.8 Å². The van der Waals surface area contributed by atoms with Gasteiger partial charge < -0.3 is 4.74 Å². The maximum Gasteiger partial charge on any atom is 0.388 e. The van der Waals surface area contributed by atoms with Crippen LogP contribution in [0.3, 0.4) is 0 Å². The van der Waals surface area contributed by atoms with E-state index in [-0.39, 0.29) is 5.75 Å². The highest BCUT2D eigenvalue weighted by atomic mass is 19.1. The fraction of sp³-hybridized carbons (Fsp3) is 0.0769. The lowest BCUT2D eigenvalue weighted by molar-refractivity contribution is 0.468. The molecule has 0 radical (unpaired) electrons. The van der Waals surface area contributed by atoms with Crippen LogP contribution in [-0.4, -0.2) is 0 Å². The topological polar surface area (TPSA) is 37.4 Å². The lowest BCUT2D eigenvalue weighted by atomic mass is 10.2. The molecule has 0 aliphatic heterocycles. The lowest BCUT2D eigenvalue weighted by Gasteiger charge is -2.05. The van der Waals surface area contributed by atoms with E-state index < -0.39 is 11.6 Å². The number of rotatable bonds is 2. The van der Waals surface area contributed by atoms with Crippen LogP contribution in [-0.2, 0) is 0 Å². The van der Waals surface area contributed by atoms with Gasteiger partial charge in [0.05, 0.1) is 0 Å². The van der Waals surface area contributed by atoms with E-state index in [1.54, 1.807) is 25.1 Å². The first-order chi connectivity index (χ1) is 8.58. The molecule has 0 unspecified atom stereocenters. The SMILES string of the molecule is Cc1cc(Oc2cc(F)cc(F)c2)ccc1[N+]#N. The standard InChI is InChI=1S/C13H9F2N2O/c1-8-4-11(2-3-13(8)17-16)18-12-6-9(14)5-10(15)7-12/h2-7H,1H3/q+1. The minimum absolute atomic E-state index is 0.0700. The Bertz CT molecular complexity index is 615. The number of hydrogen-bond acceptors (Lipinski definition) is 2. The number of aryl methyl sites for hydroxylation is 1. The van der Waals surface area contributed by atoms with Crippen molar-refractivity contribution in [2.45, 2.75) is 6.92 Å². The Labute approximate surface area is 102 Å². The molecule has 0 heterocycles. The van der Waals surface area contributed by atoms with E-state index in [9.17, 15) is 8.78 Å². The highest BCUT2D eigenvalue weighted by molar-refractivity contribution is 5.54. The summed E-state index contributed by atoms with van der Waals surface area (Å²) >= 11 is 0. The number of nitrogens with zero attached hydrogens (tertiary/aromatic N) is 2. The molecule has 18 heavy (non-hydrogen) atoms. The average Bonchev–Trinajstić information content (AvgIpc) is 2.27. The summed E-state index contributed by atoms with van der Waals surface area (Å²) in [4.78, 5) is 3.07. The van der Waals surface area contributed by atoms with Crippen LogP contribution in [0.25, 0.3) is 4.98 Å². The van der Waals surface area contributed by atoms with Crippen LogP contribution < -0.4 is 4.74 Å². The van der Waals surface area contributed by atoms with Gasteiger partial charge in [-0.15, -0.1) is 0 Å². The van der Waals surface area contributed by atoms with Gasteiger partial charge in [-0.1, -0.05) is 0 Å². The van der Waals surface area contributed by atoms with Crippen molar-refractivity contribution >= 4 is 5.69 Å². The third-order valence-corrected chi connectivity index (χ3v) is 2.35. The summed E-state index contributed by atoms with van der Waals surface area (Å²) in [6, 6.07) is 7.64. The molecular formula is C13H9F2N2O+. The van der Waals surface area contributed by atoms with Gasteiger partial charge in [-0.25, -0.2) is 8.78 Å². The van der Waals surface area contributed by atoms with Gasteiger partial charge in [0.1, 0.15) is 23.1 Å². The van der Waals surface area contributed by atoms with Crippen molar-refractivity contribution in [3.63, 3.8) is 0 Å². The molecule has 3 nitrogen and oxygen atoms in total. The molecule has 2 aromatic rings. The van der Waals surface area contributed by atoms with E-state index in [2.05, 4.69) is 4.98 Å². The molecule has 0 fully saturated rings. The van der Waals surface area contributed by atoms with Crippen molar-refractivity contribution in [3.8, 4) is 11.5 Å². The Kier molecular flexibility index (Phi) is 3.20. The number of hydrogen-bond donors (Lipinski definition) is 0. The summed E-state index contributed by atoms with van der Waals surface area (Å²) < 4.78 is 31.2. The molecule has 90 valence electrons. The van der Waals surface area contributed by atoms with Gasteiger partial charge in [-0.2, -0.15) is 0 Å². The fourth-order valence-electron chi connectivity index (χ4n) is 1.53. The normalized spacial score (nSPS) is 9.89. The van der Waals surface area contributed by atoms with Crippen LogP contribution in [0.2, 0.25) is 0 Å². The van der Waals surface area contributed by atoms with Crippen molar-refractivity contribution in [2.75, 3.05) is 0 Å². The summed E-state index contributed by atoms with van der Waals surface area (Å²) in [7, 11) is 0. The largest absolute Gasteiger partial charge is 0.457 e. The Balaban J connectivity index is 2.29. The van der Waals surface area contributed by atoms with E-state index in [1.165, 1.54) is 0 Å². The Morgan fingerprint density at radius 1 is 1.00 bits per heavy atom. The van der Waals surface area contributed by atoms with Gasteiger partial charge in [-0.3, -0.25) is 0 Å². The van der Waals surface area contributed by atoms with Crippen LogP contribution in [0.15, 0.2) is 36.4 Å². The second-order valence-electron chi connectivity index (χ2n) is 3.76. The highest BCUT2D eigenvalue weighted by Crippen LogP contribution is 2.28. The van der Waals surface area contributed by atoms with Crippen molar-refractivity contribution in [1.82, 2.24) is 0 Å². The summed E-state index contributed by atoms with van der Waals surface area (Å²) in [5.41, 5.74) is 1.10.